The molecule has 1 aromatic heterocycles. The minimum atomic E-state index is 0.639. The Bertz CT molecular complexity index is 830. The van der Waals surface area contributed by atoms with Gasteiger partial charge >= 0.3 is 0 Å². The average molecular weight is 308 g/mol. The van der Waals surface area contributed by atoms with Crippen molar-refractivity contribution in [1.82, 2.24) is 9.55 Å². The molecule has 0 fully saturated rings. The molecule has 0 aliphatic carbocycles. The molecule has 0 unspecified atom stereocenters. The van der Waals surface area contributed by atoms with E-state index in [1.165, 1.54) is 0 Å². The zero-order valence-electron chi connectivity index (χ0n) is 11.9. The smallest absolute Gasteiger partial charge is 0.113 e. The van der Waals surface area contributed by atoms with Crippen molar-refractivity contribution in [2.75, 3.05) is 0 Å². The first-order valence-electron chi connectivity index (χ1n) is 6.99. The zero-order valence-corrected chi connectivity index (χ0v) is 12.7. The van der Waals surface area contributed by atoms with E-state index in [1.54, 1.807) is 6.20 Å². The van der Waals surface area contributed by atoms with Gasteiger partial charge in [-0.1, -0.05) is 41.9 Å². The topological polar surface area (TPSA) is 41.6 Å². The van der Waals surface area contributed by atoms with Crippen LogP contribution in [-0.2, 0) is 13.0 Å². The van der Waals surface area contributed by atoms with Crippen molar-refractivity contribution >= 4 is 11.6 Å². The van der Waals surface area contributed by atoms with Crippen molar-refractivity contribution < 1.29 is 0 Å². The van der Waals surface area contributed by atoms with Gasteiger partial charge in [0.15, 0.2) is 0 Å². The van der Waals surface area contributed by atoms with Gasteiger partial charge in [0, 0.05) is 23.8 Å². The van der Waals surface area contributed by atoms with Gasteiger partial charge in [-0.3, -0.25) is 0 Å². The number of halogens is 1. The van der Waals surface area contributed by atoms with Crippen LogP contribution in [0.15, 0.2) is 60.9 Å². The van der Waals surface area contributed by atoms with Crippen molar-refractivity contribution in [2.24, 2.45) is 0 Å². The third kappa shape index (κ3) is 3.19. The Balaban J connectivity index is 1.85. The molecule has 3 rings (SSSR count). The summed E-state index contributed by atoms with van der Waals surface area (Å²) in [5, 5.41) is 9.92. The number of benzene rings is 2. The molecular formula is C18H14ClN3. The summed E-state index contributed by atoms with van der Waals surface area (Å²) in [6.07, 6.45) is 4.44. The molecular weight excluding hydrogens is 294 g/mol. The third-order valence-corrected chi connectivity index (χ3v) is 3.77. The second kappa shape index (κ2) is 6.46. The van der Waals surface area contributed by atoms with Gasteiger partial charge in [0.2, 0.25) is 0 Å². The molecule has 0 bridgehead atoms. The van der Waals surface area contributed by atoms with Gasteiger partial charge in [-0.25, -0.2) is 4.98 Å². The molecule has 0 amide bonds. The lowest BCUT2D eigenvalue weighted by atomic mass is 10.1. The Morgan fingerprint density at radius 2 is 2.00 bits per heavy atom. The van der Waals surface area contributed by atoms with Crippen molar-refractivity contribution in [2.45, 2.75) is 13.0 Å². The van der Waals surface area contributed by atoms with Gasteiger partial charge in [-0.15, -0.1) is 0 Å². The van der Waals surface area contributed by atoms with Gasteiger partial charge in [0.05, 0.1) is 18.2 Å². The van der Waals surface area contributed by atoms with Crippen LogP contribution in [0.2, 0.25) is 5.02 Å². The van der Waals surface area contributed by atoms with Crippen LogP contribution in [0.4, 0.5) is 0 Å². The molecule has 22 heavy (non-hydrogen) atoms. The molecule has 0 radical (unpaired) electrons. The number of hydrogen-bond acceptors (Lipinski definition) is 2. The molecule has 0 aliphatic rings. The number of rotatable bonds is 4. The Labute approximate surface area is 134 Å². The minimum Gasteiger partial charge on any atom is -0.330 e. The number of nitrogens with zero attached hydrogens (tertiary/aromatic N) is 3. The molecule has 3 nitrogen and oxygen atoms in total. The van der Waals surface area contributed by atoms with Crippen molar-refractivity contribution in [3.8, 4) is 6.07 Å². The van der Waals surface area contributed by atoms with Crippen LogP contribution in [0.5, 0.6) is 0 Å². The summed E-state index contributed by atoms with van der Waals surface area (Å²) in [5.41, 5.74) is 2.81. The molecule has 4 heteroatoms. The molecule has 108 valence electrons. The minimum absolute atomic E-state index is 0.639. The maximum absolute atomic E-state index is 9.19. The van der Waals surface area contributed by atoms with Gasteiger partial charge < -0.3 is 4.57 Å². The summed E-state index contributed by atoms with van der Waals surface area (Å²) < 4.78 is 2.07. The second-order valence-corrected chi connectivity index (χ2v) is 5.48. The fraction of sp³-hybridized carbons (Fsp3) is 0.111. The highest BCUT2D eigenvalue weighted by atomic mass is 35.5. The van der Waals surface area contributed by atoms with E-state index in [9.17, 15) is 5.26 Å². The Morgan fingerprint density at radius 1 is 1.14 bits per heavy atom. The first-order chi connectivity index (χ1) is 10.8. The number of nitriles is 1. The first kappa shape index (κ1) is 14.4. The molecule has 2 aromatic carbocycles. The van der Waals surface area contributed by atoms with Crippen LogP contribution in [0, 0.1) is 11.3 Å². The average Bonchev–Trinajstić information content (AvgIpc) is 2.95. The fourth-order valence-electron chi connectivity index (χ4n) is 2.43. The van der Waals surface area contributed by atoms with E-state index in [0.717, 1.165) is 22.0 Å². The molecule has 0 saturated heterocycles. The summed E-state index contributed by atoms with van der Waals surface area (Å²) in [7, 11) is 0. The van der Waals surface area contributed by atoms with Gasteiger partial charge in [-0.2, -0.15) is 5.26 Å². The summed E-state index contributed by atoms with van der Waals surface area (Å²) in [6, 6.07) is 17.7. The SMILES string of the molecule is N#Cc1ccccc1Cn1ccnc1Cc1cccc(Cl)c1. The normalized spacial score (nSPS) is 10.4. The van der Waals surface area contributed by atoms with E-state index in [1.807, 2.05) is 54.7 Å². The Kier molecular flexibility index (Phi) is 4.22. The van der Waals surface area contributed by atoms with Crippen LogP contribution >= 0.6 is 11.6 Å². The molecule has 0 atom stereocenters. The third-order valence-electron chi connectivity index (χ3n) is 3.53. The lowest BCUT2D eigenvalue weighted by molar-refractivity contribution is 0.739. The lowest BCUT2D eigenvalue weighted by Crippen LogP contribution is -2.06. The number of aromatic nitrogens is 2. The van der Waals surface area contributed by atoms with Crippen LogP contribution in [0.25, 0.3) is 0 Å². The van der Waals surface area contributed by atoms with E-state index in [0.29, 0.717) is 18.5 Å². The molecule has 0 N–H and O–H groups in total. The number of imidazole rings is 1. The lowest BCUT2D eigenvalue weighted by Gasteiger charge is -2.09. The van der Waals surface area contributed by atoms with Crippen LogP contribution in [0.3, 0.4) is 0 Å². The van der Waals surface area contributed by atoms with E-state index in [4.69, 9.17) is 11.6 Å². The highest BCUT2D eigenvalue weighted by Gasteiger charge is 2.07. The Morgan fingerprint density at radius 3 is 2.82 bits per heavy atom. The summed E-state index contributed by atoms with van der Waals surface area (Å²) >= 11 is 6.03. The second-order valence-electron chi connectivity index (χ2n) is 5.05. The largest absolute Gasteiger partial charge is 0.330 e. The van der Waals surface area contributed by atoms with E-state index in [-0.39, 0.29) is 0 Å². The monoisotopic (exact) mass is 307 g/mol. The number of hydrogen-bond donors (Lipinski definition) is 0. The molecule has 1 heterocycles. The highest BCUT2D eigenvalue weighted by Crippen LogP contribution is 2.16. The standard InChI is InChI=1S/C18H14ClN3/c19-17-7-3-4-14(10-17)11-18-21-8-9-22(18)13-16-6-2-1-5-15(16)12-20/h1-10H,11,13H2. The quantitative estimate of drug-likeness (QED) is 0.729. The first-order valence-corrected chi connectivity index (χ1v) is 7.36. The van der Waals surface area contributed by atoms with Crippen molar-refractivity contribution in [3.63, 3.8) is 0 Å². The molecule has 0 aliphatic heterocycles. The summed E-state index contributed by atoms with van der Waals surface area (Å²) in [5.74, 6) is 0.954. The van der Waals surface area contributed by atoms with E-state index in [2.05, 4.69) is 15.6 Å². The van der Waals surface area contributed by atoms with Crippen molar-refractivity contribution in [1.29, 1.82) is 5.26 Å². The zero-order chi connectivity index (χ0) is 15.4. The summed E-state index contributed by atoms with van der Waals surface area (Å²) in [4.78, 5) is 4.43. The van der Waals surface area contributed by atoms with Gasteiger partial charge in [0.25, 0.3) is 0 Å². The predicted molar refractivity (Wildman–Crippen MR) is 86.7 cm³/mol. The van der Waals surface area contributed by atoms with Crippen LogP contribution in [-0.4, -0.2) is 9.55 Å². The maximum atomic E-state index is 9.19. The van der Waals surface area contributed by atoms with Gasteiger partial charge in [-0.05, 0) is 29.3 Å². The van der Waals surface area contributed by atoms with Crippen LogP contribution in [0.1, 0.15) is 22.5 Å². The predicted octanol–water partition coefficient (Wildman–Crippen LogP) is 4.05. The Hall–Kier alpha value is -2.57. The highest BCUT2D eigenvalue weighted by molar-refractivity contribution is 6.30. The summed E-state index contributed by atoms with van der Waals surface area (Å²) in [6.45, 7) is 0.639. The van der Waals surface area contributed by atoms with Crippen LogP contribution < -0.4 is 0 Å². The fourth-order valence-corrected chi connectivity index (χ4v) is 2.64. The molecule has 0 spiro atoms. The van der Waals surface area contributed by atoms with Gasteiger partial charge in [0.1, 0.15) is 5.82 Å². The maximum Gasteiger partial charge on any atom is 0.113 e. The molecule has 3 aromatic rings. The van der Waals surface area contributed by atoms with E-state index < -0.39 is 0 Å². The van der Waals surface area contributed by atoms with E-state index >= 15 is 0 Å². The molecule has 0 saturated carbocycles. The van der Waals surface area contributed by atoms with Crippen molar-refractivity contribution in [3.05, 3.63) is 88.5 Å².